The van der Waals surface area contributed by atoms with Gasteiger partial charge in [-0.05, 0) is 17.7 Å². The molecule has 0 amide bonds. The number of hydrogen-bond acceptors (Lipinski definition) is 4. The number of aliphatic carboxylic acids is 1. The van der Waals surface area contributed by atoms with Gasteiger partial charge in [-0.1, -0.05) is 12.1 Å². The summed E-state index contributed by atoms with van der Waals surface area (Å²) in [6.45, 7) is 0. The lowest BCUT2D eigenvalue weighted by atomic mass is 10.1. The van der Waals surface area contributed by atoms with Gasteiger partial charge in [0.25, 0.3) is 0 Å². The minimum atomic E-state index is -1.83. The Hall–Kier alpha value is -2.28. The fourth-order valence-electron chi connectivity index (χ4n) is 1.03. The summed E-state index contributed by atoms with van der Waals surface area (Å²) >= 11 is 0. The Morgan fingerprint density at radius 3 is 1.88 bits per heavy atom. The largest absolute Gasteiger partial charge is 0.508 e. The minimum absolute atomic E-state index is 0.106. The van der Waals surface area contributed by atoms with Gasteiger partial charge in [-0.15, -0.1) is 0 Å². The van der Waals surface area contributed by atoms with E-state index in [9.17, 15) is 4.79 Å². The maximum atomic E-state index is 10.3. The van der Waals surface area contributed by atoms with Crippen molar-refractivity contribution >= 4 is 12.1 Å². The third-order valence-corrected chi connectivity index (χ3v) is 1.72. The van der Waals surface area contributed by atoms with Gasteiger partial charge in [0.05, 0.1) is 6.42 Å². The van der Waals surface area contributed by atoms with Gasteiger partial charge in [-0.2, -0.15) is 0 Å². The molecule has 0 saturated heterocycles. The van der Waals surface area contributed by atoms with E-state index in [0.717, 1.165) is 0 Å². The van der Waals surface area contributed by atoms with E-state index in [4.69, 9.17) is 31.0 Å². The lowest BCUT2D eigenvalue weighted by Gasteiger charge is -2.08. The molecule has 7 nitrogen and oxygen atoms in total. The molecule has 6 N–H and O–H groups in total. The van der Waals surface area contributed by atoms with E-state index in [1.54, 1.807) is 12.1 Å². The Morgan fingerprint density at radius 1 is 1.12 bits per heavy atom. The minimum Gasteiger partial charge on any atom is -0.508 e. The molecule has 7 heteroatoms. The van der Waals surface area contributed by atoms with E-state index in [-0.39, 0.29) is 12.2 Å². The van der Waals surface area contributed by atoms with Gasteiger partial charge >= 0.3 is 12.1 Å². The molecule has 1 aromatic rings. The first kappa shape index (κ1) is 14.7. The van der Waals surface area contributed by atoms with Crippen LogP contribution in [0.5, 0.6) is 5.75 Å². The fraction of sp³-hybridized carbons (Fsp3) is 0.200. The molecule has 94 valence electrons. The van der Waals surface area contributed by atoms with E-state index in [2.05, 4.69) is 0 Å². The molecule has 0 aromatic heterocycles. The number of phenolic OH excluding ortho intramolecular Hbond substituents is 1. The van der Waals surface area contributed by atoms with Crippen LogP contribution in [-0.4, -0.2) is 32.6 Å². The van der Waals surface area contributed by atoms with Crippen molar-refractivity contribution in [3.05, 3.63) is 29.8 Å². The Balaban J connectivity index is 0.000000557. The molecular weight excluding hydrogens is 230 g/mol. The monoisotopic (exact) mass is 243 g/mol. The molecule has 0 aliphatic carbocycles. The van der Waals surface area contributed by atoms with E-state index in [0.29, 0.717) is 5.56 Å². The van der Waals surface area contributed by atoms with Gasteiger partial charge < -0.3 is 26.2 Å². The molecule has 0 bridgehead atoms. The van der Waals surface area contributed by atoms with Crippen LogP contribution in [0.3, 0.4) is 0 Å². The predicted molar refractivity (Wildman–Crippen MR) is 57.9 cm³/mol. The van der Waals surface area contributed by atoms with Gasteiger partial charge in [-0.25, -0.2) is 4.79 Å². The summed E-state index contributed by atoms with van der Waals surface area (Å²) in [7, 11) is 0. The Bertz CT molecular complexity index is 371. The van der Waals surface area contributed by atoms with Gasteiger partial charge in [0.2, 0.25) is 0 Å². The Labute approximate surface area is 96.7 Å². The van der Waals surface area contributed by atoms with E-state index >= 15 is 0 Å². The van der Waals surface area contributed by atoms with Crippen LogP contribution in [0.15, 0.2) is 24.3 Å². The summed E-state index contributed by atoms with van der Waals surface area (Å²) in [6, 6.07) is 5.68. The third-order valence-electron chi connectivity index (χ3n) is 1.72. The molecule has 0 aliphatic rings. The molecule has 1 rings (SSSR count). The average molecular weight is 243 g/mol. The molecule has 0 radical (unpaired) electrons. The third kappa shape index (κ3) is 7.63. The number of aromatic hydroxyl groups is 1. The summed E-state index contributed by atoms with van der Waals surface area (Å²) in [4.78, 5) is 18.9. The summed E-state index contributed by atoms with van der Waals surface area (Å²) in [6.07, 6.45) is -1.94. The van der Waals surface area contributed by atoms with Gasteiger partial charge in [-0.3, -0.25) is 4.79 Å². The highest BCUT2D eigenvalue weighted by molar-refractivity contribution is 5.67. The highest BCUT2D eigenvalue weighted by atomic mass is 16.6. The lowest BCUT2D eigenvalue weighted by Crippen LogP contribution is -2.14. The van der Waals surface area contributed by atoms with E-state index < -0.39 is 18.2 Å². The summed E-state index contributed by atoms with van der Waals surface area (Å²) in [5, 5.41) is 31.4. The molecule has 0 fully saturated rings. The number of carboxylic acids is 1. The zero-order valence-corrected chi connectivity index (χ0v) is 8.78. The molecule has 0 heterocycles. The lowest BCUT2D eigenvalue weighted by molar-refractivity contribution is -0.137. The van der Waals surface area contributed by atoms with Crippen LogP contribution in [0.2, 0.25) is 0 Å². The maximum Gasteiger partial charge on any atom is 0.503 e. The molecule has 1 aromatic carbocycles. The molecule has 17 heavy (non-hydrogen) atoms. The van der Waals surface area contributed by atoms with Crippen molar-refractivity contribution in [3.8, 4) is 5.75 Å². The highest BCUT2D eigenvalue weighted by Crippen LogP contribution is 2.17. The van der Waals surface area contributed by atoms with Gasteiger partial charge in [0.1, 0.15) is 5.75 Å². The zero-order valence-electron chi connectivity index (χ0n) is 8.78. The first-order chi connectivity index (χ1) is 7.82. The number of carboxylic acid groups (broad SMARTS) is 3. The molecule has 1 atom stereocenters. The van der Waals surface area contributed by atoms with Crippen LogP contribution in [0.1, 0.15) is 18.0 Å². The smallest absolute Gasteiger partial charge is 0.503 e. The molecular formula is C10H13NO6. The number of hydrogen-bond donors (Lipinski definition) is 5. The van der Waals surface area contributed by atoms with Crippen molar-refractivity contribution in [3.63, 3.8) is 0 Å². The van der Waals surface area contributed by atoms with Crippen LogP contribution in [0.25, 0.3) is 0 Å². The van der Waals surface area contributed by atoms with Crippen LogP contribution in [0.4, 0.5) is 4.79 Å². The number of rotatable bonds is 3. The highest BCUT2D eigenvalue weighted by Gasteiger charge is 2.09. The second-order valence-corrected chi connectivity index (χ2v) is 3.08. The number of nitrogens with two attached hydrogens (primary N) is 1. The summed E-state index contributed by atoms with van der Waals surface area (Å²) in [5.41, 5.74) is 6.29. The Kier molecular flexibility index (Phi) is 6.12. The van der Waals surface area contributed by atoms with E-state index in [1.807, 2.05) is 0 Å². The molecule has 0 aliphatic heterocycles. The van der Waals surface area contributed by atoms with Crippen molar-refractivity contribution in [2.45, 2.75) is 12.5 Å². The van der Waals surface area contributed by atoms with Crippen LogP contribution < -0.4 is 5.73 Å². The number of carbonyl (C=O) groups is 2. The number of phenols is 1. The predicted octanol–water partition coefficient (Wildman–Crippen LogP) is 1.09. The number of benzene rings is 1. The standard InChI is InChI=1S/C9H11NO3.CH2O3/c10-8(5-9(12)13)6-1-3-7(11)4-2-6;2-1(3)4/h1-4,8,11H,5,10H2,(H,12,13);(H2,2,3,4)/t8-;/m0./s1. The average Bonchev–Trinajstić information content (AvgIpc) is 2.16. The SMILES string of the molecule is N[C@@H](CC(=O)O)c1ccc(O)cc1.O=C(O)O. The Morgan fingerprint density at radius 2 is 1.53 bits per heavy atom. The van der Waals surface area contributed by atoms with Gasteiger partial charge in [0, 0.05) is 6.04 Å². The van der Waals surface area contributed by atoms with Crippen molar-refractivity contribution in [1.82, 2.24) is 0 Å². The second kappa shape index (κ2) is 7.07. The van der Waals surface area contributed by atoms with Crippen LogP contribution in [-0.2, 0) is 4.79 Å². The van der Waals surface area contributed by atoms with Crippen LogP contribution in [0, 0.1) is 0 Å². The van der Waals surface area contributed by atoms with E-state index in [1.165, 1.54) is 12.1 Å². The summed E-state index contributed by atoms with van der Waals surface area (Å²) < 4.78 is 0. The van der Waals surface area contributed by atoms with Crippen LogP contribution >= 0.6 is 0 Å². The zero-order chi connectivity index (χ0) is 13.4. The summed E-state index contributed by atoms with van der Waals surface area (Å²) in [5.74, 6) is -0.785. The fourth-order valence-corrected chi connectivity index (χ4v) is 1.03. The van der Waals surface area contributed by atoms with Crippen molar-refractivity contribution in [2.24, 2.45) is 5.73 Å². The molecule has 0 spiro atoms. The quantitative estimate of drug-likeness (QED) is 0.534. The topological polar surface area (TPSA) is 141 Å². The van der Waals surface area contributed by atoms with Crippen molar-refractivity contribution in [1.29, 1.82) is 0 Å². The van der Waals surface area contributed by atoms with Gasteiger partial charge in [0.15, 0.2) is 0 Å². The normalized spacial score (nSPS) is 10.9. The second-order valence-electron chi connectivity index (χ2n) is 3.08. The first-order valence-corrected chi connectivity index (χ1v) is 4.51. The maximum absolute atomic E-state index is 10.3. The first-order valence-electron chi connectivity index (χ1n) is 4.51. The van der Waals surface area contributed by atoms with Crippen molar-refractivity contribution in [2.75, 3.05) is 0 Å². The van der Waals surface area contributed by atoms with Crippen molar-refractivity contribution < 1.29 is 30.0 Å². The molecule has 0 unspecified atom stereocenters. The molecule has 0 saturated carbocycles.